The Morgan fingerprint density at radius 1 is 0.329 bits per heavy atom. The van der Waals surface area contributed by atoms with Crippen molar-refractivity contribution in [3.05, 3.63) is 337 Å². The summed E-state index contributed by atoms with van der Waals surface area (Å²) in [6.07, 6.45) is 6.49. The third kappa shape index (κ3) is 23.9. The number of aromatic amines is 1. The molecule has 0 bridgehead atoms. The molecular formula is C121H119N13O14S. The lowest BCUT2D eigenvalue weighted by atomic mass is 9.88. The Labute approximate surface area is 865 Å². The minimum atomic E-state index is -0.610. The first-order valence-corrected chi connectivity index (χ1v) is 52.5. The zero-order chi connectivity index (χ0) is 101. The van der Waals surface area contributed by atoms with Crippen molar-refractivity contribution in [3.8, 4) is 80.1 Å². The predicted octanol–water partition coefficient (Wildman–Crippen LogP) is 23.8. The van der Waals surface area contributed by atoms with Gasteiger partial charge in [0.1, 0.15) is 79.4 Å². The number of H-pyrrole nitrogens is 1. The molecule has 0 spiro atoms. The van der Waals surface area contributed by atoms with E-state index in [2.05, 4.69) is 241 Å². The first-order chi connectivity index (χ1) is 73.0. The molecule has 4 atom stereocenters. The highest BCUT2D eigenvalue weighted by Gasteiger charge is 2.31. The summed E-state index contributed by atoms with van der Waals surface area (Å²) in [6.45, 7) is 16.4. The Morgan fingerprint density at radius 2 is 0.725 bits per heavy atom. The van der Waals surface area contributed by atoms with E-state index in [1.165, 1.54) is 65.3 Å². The fourth-order valence-corrected chi connectivity index (χ4v) is 22.2. The van der Waals surface area contributed by atoms with Gasteiger partial charge in [0.15, 0.2) is 28.7 Å². The van der Waals surface area contributed by atoms with Gasteiger partial charge in [-0.1, -0.05) is 224 Å². The van der Waals surface area contributed by atoms with Crippen molar-refractivity contribution in [2.45, 2.75) is 120 Å². The molecule has 0 aliphatic carbocycles. The minimum absolute atomic E-state index is 0.179. The Hall–Kier alpha value is -15.1. The van der Waals surface area contributed by atoms with Crippen molar-refractivity contribution in [2.75, 3.05) is 105 Å². The smallest absolute Gasteiger partial charge is 0.293 e. The molecule has 28 heteroatoms. The monoisotopic (exact) mass is 2010 g/mol. The van der Waals surface area contributed by atoms with Crippen LogP contribution in [0.1, 0.15) is 115 Å². The number of fused-ring (bicyclic) bond motifs is 8. The van der Waals surface area contributed by atoms with Gasteiger partial charge in [-0.05, 0) is 272 Å². The molecular weight excluding hydrogens is 1890 g/mol. The number of benzene rings is 13. The van der Waals surface area contributed by atoms with Crippen molar-refractivity contribution in [1.29, 1.82) is 0 Å². The van der Waals surface area contributed by atoms with Gasteiger partial charge in [0.25, 0.3) is 23.6 Å². The van der Waals surface area contributed by atoms with Crippen molar-refractivity contribution >= 4 is 97.4 Å². The van der Waals surface area contributed by atoms with Crippen LogP contribution in [0.3, 0.4) is 0 Å². The van der Waals surface area contributed by atoms with Crippen molar-refractivity contribution in [2.24, 2.45) is 0 Å². The second kappa shape index (κ2) is 45.7. The maximum atomic E-state index is 10.8. The Bertz CT molecular complexity index is 7560. The van der Waals surface area contributed by atoms with E-state index >= 15 is 0 Å². The normalized spacial score (nSPS) is 15.9. The number of thiophene rings is 1. The fourth-order valence-electron chi connectivity index (χ4n) is 21.2. The number of likely N-dealkylation sites (tertiary alicyclic amines) is 4. The number of hydrogen-bond acceptors (Lipinski definition) is 27. The summed E-state index contributed by atoms with van der Waals surface area (Å²) in [7, 11) is 0. The highest BCUT2D eigenvalue weighted by molar-refractivity contribution is 7.22. The summed E-state index contributed by atoms with van der Waals surface area (Å²) >= 11 is 1.59. The average Bonchev–Trinajstić information content (AvgIpc) is 1.67. The predicted molar refractivity (Wildman–Crippen MR) is 581 cm³/mol. The standard InChI is InChI=1S/C34H31N3O4.C29H30N4O3.C29H29N3O4.C29H29N3O3S/c38-29(21-37-17-15-24(16-18-37)27-14-13-23-7-4-5-10-26(23)19-27)22-39-30-12-6-11-28-20-31(40-32(28)30)34-36-35-33(41-34)25-8-2-1-3-9-25;1-19-31-32-29(36-19)27-16-25-26(30-27)7-4-8-28(25)35-18-24(34)17-33-13-11-21(12-14-33)23-10-9-20-5-2-3-6-22(20)15-23;1-19-30-29(36-31-19)28-16-25-26(7-4-8-27(25)35-28)34-18-24(33)17-32-13-11-21(12-14-32)23-10-9-20-5-2-3-6-22(20)15-23;1-19-30-31-29(35-19)28-16-25-26(7-4-8-27(25)36-28)34-18-24(33)17-32-13-11-21(12-14-32)23-10-9-20-5-2-3-6-22(20)15-23/h1-14,19-20,24,29,38H,15-18,21-22H2;2-10,15-16,21,24,30,34H,11-14,17-18H2,1H3;2*2-10,15-16,21,24,33H,11-14,17-18H2,1H3/t29-;3*24-/m0000/s1. The zero-order valence-electron chi connectivity index (χ0n) is 83.5. The van der Waals surface area contributed by atoms with Crippen molar-refractivity contribution < 1.29 is 66.0 Å². The van der Waals surface area contributed by atoms with Crippen LogP contribution in [-0.2, 0) is 0 Å². The van der Waals surface area contributed by atoms with Crippen LogP contribution < -0.4 is 18.9 Å². The number of hydrogen-bond donors (Lipinski definition) is 5. The Morgan fingerprint density at radius 3 is 1.19 bits per heavy atom. The average molecular weight is 2010 g/mol. The summed E-state index contributed by atoms with van der Waals surface area (Å²) < 4.78 is 59.4. The molecule has 758 valence electrons. The second-order valence-electron chi connectivity index (χ2n) is 39.5. The summed E-state index contributed by atoms with van der Waals surface area (Å²) in [4.78, 5) is 17.8. The molecule has 4 aliphatic rings. The number of rotatable bonds is 29. The molecule has 21 aromatic rings. The van der Waals surface area contributed by atoms with E-state index in [0.717, 1.165) is 163 Å². The number of nitrogens with zero attached hydrogens (tertiary/aromatic N) is 12. The third-order valence-corrected chi connectivity index (χ3v) is 30.1. The molecule has 149 heavy (non-hydrogen) atoms. The minimum Gasteiger partial charge on any atom is -0.490 e. The van der Waals surface area contributed by atoms with E-state index in [0.29, 0.717) is 131 Å². The molecule has 13 aromatic carbocycles. The number of aryl methyl sites for hydroxylation is 3. The molecule has 12 heterocycles. The summed E-state index contributed by atoms with van der Waals surface area (Å²) in [5.41, 5.74) is 9.45. The van der Waals surface area contributed by atoms with Crippen molar-refractivity contribution in [3.63, 3.8) is 0 Å². The molecule has 5 N–H and O–H groups in total. The number of nitrogens with one attached hydrogen (secondary N) is 1. The van der Waals surface area contributed by atoms with Gasteiger partial charge in [-0.2, -0.15) is 4.98 Å². The van der Waals surface area contributed by atoms with Gasteiger partial charge < -0.3 is 90.6 Å². The van der Waals surface area contributed by atoms with Crippen LogP contribution in [0.25, 0.3) is 143 Å². The summed E-state index contributed by atoms with van der Waals surface area (Å²) in [5.74, 6) is 9.60. The van der Waals surface area contributed by atoms with Gasteiger partial charge in [-0.25, -0.2) is 0 Å². The first-order valence-electron chi connectivity index (χ1n) is 51.6. The molecule has 27 nitrogen and oxygen atoms in total. The van der Waals surface area contributed by atoms with Crippen LogP contribution in [0.5, 0.6) is 23.0 Å². The van der Waals surface area contributed by atoms with Crippen LogP contribution >= 0.6 is 11.3 Å². The van der Waals surface area contributed by atoms with Gasteiger partial charge in [0.05, 0.1) is 10.3 Å². The maximum absolute atomic E-state index is 10.8. The van der Waals surface area contributed by atoms with E-state index in [4.69, 9.17) is 45.6 Å². The van der Waals surface area contributed by atoms with Gasteiger partial charge >= 0.3 is 0 Å². The zero-order valence-corrected chi connectivity index (χ0v) is 84.3. The topological polar surface area (TPSA) is 329 Å². The fraction of sp³-hybridized carbons (Fsp3) is 0.289. The Kier molecular flexibility index (Phi) is 30.3. The number of ether oxygens (including phenoxy) is 4. The Balaban J connectivity index is 0.000000113. The molecule has 8 aromatic heterocycles. The molecule has 25 rings (SSSR count). The van der Waals surface area contributed by atoms with E-state index in [1.807, 2.05) is 121 Å². The summed E-state index contributed by atoms with van der Waals surface area (Å²) in [6, 6.07) is 102. The molecule has 4 fully saturated rings. The number of β-amino-alcohol motifs (C(OH)–C–C–N with tert-alkyl or cyclic N) is 4. The SMILES string of the molecule is Cc1nnc(-c2cc3c(OC[C@@H](O)CN4CCC(c5ccc6ccccc6c5)CC4)cccc3[nH]2)o1.Cc1nnc(-c2cc3c(OC[C@@H](O)CN4CCC(c5ccc6ccccc6c5)CC4)cccc3s2)o1.Cc1noc(-c2cc3c(OC[C@@H](O)CN4CCC(c5ccc6ccccc6c5)CC4)cccc3o2)n1.O[C@H](COc1cccc2cc(-c3nnc(-c4ccccc4)o3)oc12)CN1CCC(c2ccc3ccccc3c2)CC1. The highest BCUT2D eigenvalue weighted by Crippen LogP contribution is 2.43. The number of furan rings is 2. The molecule has 0 radical (unpaired) electrons. The van der Waals surface area contributed by atoms with E-state index in [9.17, 15) is 20.4 Å². The van der Waals surface area contributed by atoms with Gasteiger partial charge in [-0.15, -0.1) is 41.9 Å². The number of para-hydroxylation sites is 1. The van der Waals surface area contributed by atoms with E-state index in [1.54, 1.807) is 32.1 Å². The largest absolute Gasteiger partial charge is 0.490 e. The van der Waals surface area contributed by atoms with Gasteiger partial charge in [-0.3, -0.25) is 0 Å². The summed E-state index contributed by atoms with van der Waals surface area (Å²) in [5, 5.41) is 85.1. The molecule has 4 aliphatic heterocycles. The van der Waals surface area contributed by atoms with Gasteiger partial charge in [0.2, 0.25) is 17.7 Å². The second-order valence-corrected chi connectivity index (χ2v) is 40.6. The van der Waals surface area contributed by atoms with Crippen LogP contribution in [0.2, 0.25) is 0 Å². The first kappa shape index (κ1) is 98.6. The van der Waals surface area contributed by atoms with Crippen LogP contribution in [0, 0.1) is 20.8 Å². The van der Waals surface area contributed by atoms with Crippen LogP contribution in [0.4, 0.5) is 0 Å². The molecule has 4 saturated heterocycles. The number of piperidine rings is 4. The number of aromatic nitrogens is 9. The van der Waals surface area contributed by atoms with Crippen molar-refractivity contribution in [1.82, 2.24) is 65.3 Å². The molecule has 0 amide bonds. The molecule has 0 unspecified atom stereocenters. The van der Waals surface area contributed by atoms with Crippen LogP contribution in [0.15, 0.2) is 324 Å². The highest BCUT2D eigenvalue weighted by atomic mass is 32.1. The molecule has 0 saturated carbocycles. The lowest BCUT2D eigenvalue weighted by Crippen LogP contribution is -2.40. The number of aliphatic hydroxyl groups is 4. The van der Waals surface area contributed by atoms with E-state index in [-0.39, 0.29) is 26.4 Å². The lowest BCUT2D eigenvalue weighted by Gasteiger charge is -2.33. The quantitative estimate of drug-likeness (QED) is 0.0291. The third-order valence-electron chi connectivity index (χ3n) is 29.0. The maximum Gasteiger partial charge on any atom is 0.293 e. The van der Waals surface area contributed by atoms with Crippen LogP contribution in [-0.4, -0.2) is 215 Å². The van der Waals surface area contributed by atoms with Gasteiger partial charge in [0, 0.05) is 78.0 Å². The lowest BCUT2D eigenvalue weighted by molar-refractivity contribution is 0.0596. The number of aliphatic hydroxyl groups excluding tert-OH is 4. The van der Waals surface area contributed by atoms with E-state index < -0.39 is 24.4 Å².